The third-order valence-electron chi connectivity index (χ3n) is 4.97. The van der Waals surface area contributed by atoms with Gasteiger partial charge in [-0.05, 0) is 48.1 Å². The number of hydrogen-bond donors (Lipinski definition) is 2. The number of esters is 1. The van der Waals surface area contributed by atoms with E-state index in [-0.39, 0.29) is 21.4 Å². The fraction of sp³-hybridized carbons (Fsp3) is 0.182. The van der Waals surface area contributed by atoms with Crippen molar-refractivity contribution in [2.75, 3.05) is 22.8 Å². The zero-order valence-electron chi connectivity index (χ0n) is 16.9. The summed E-state index contributed by atoms with van der Waals surface area (Å²) in [6.07, 6.45) is 1.70. The van der Waals surface area contributed by atoms with Crippen LogP contribution in [0, 0.1) is 0 Å². The number of nitrogens with one attached hydrogen (secondary N) is 1. The number of amides is 1. The summed E-state index contributed by atoms with van der Waals surface area (Å²) in [5.74, 6) is -1.70. The van der Waals surface area contributed by atoms with Crippen molar-refractivity contribution < 1.29 is 27.9 Å². The Bertz CT molecular complexity index is 1260. The number of carbonyl (C=O) groups excluding carboxylic acids is 2. The predicted molar refractivity (Wildman–Crippen MR) is 121 cm³/mol. The second-order valence-electron chi connectivity index (χ2n) is 7.12. The molecule has 32 heavy (non-hydrogen) atoms. The van der Waals surface area contributed by atoms with Crippen molar-refractivity contribution in [3.8, 4) is 5.75 Å². The van der Waals surface area contributed by atoms with Gasteiger partial charge in [0.25, 0.3) is 15.9 Å². The van der Waals surface area contributed by atoms with Crippen LogP contribution < -0.4 is 9.62 Å². The number of benzene rings is 2. The summed E-state index contributed by atoms with van der Waals surface area (Å²) in [5, 5.41) is 11.8. The molecule has 0 unspecified atom stereocenters. The topological polar surface area (TPSA) is 113 Å². The van der Waals surface area contributed by atoms with Crippen LogP contribution in [0.3, 0.4) is 0 Å². The van der Waals surface area contributed by atoms with E-state index in [1.54, 1.807) is 16.3 Å². The van der Waals surface area contributed by atoms with Gasteiger partial charge in [-0.15, -0.1) is 11.3 Å². The number of ether oxygens (including phenoxy) is 1. The van der Waals surface area contributed by atoms with Gasteiger partial charge in [0.2, 0.25) is 0 Å². The van der Waals surface area contributed by atoms with Crippen molar-refractivity contribution in [1.29, 1.82) is 0 Å². The number of rotatable bonds is 6. The monoisotopic (exact) mass is 472 g/mol. The molecule has 2 heterocycles. The molecule has 0 atom stereocenters. The van der Waals surface area contributed by atoms with Crippen LogP contribution in [0.1, 0.15) is 22.3 Å². The highest BCUT2D eigenvalue weighted by Gasteiger charge is 2.24. The number of phenols is 1. The first-order chi connectivity index (χ1) is 15.3. The molecule has 0 fully saturated rings. The summed E-state index contributed by atoms with van der Waals surface area (Å²) in [5.41, 5.74) is 1.80. The molecule has 3 aromatic rings. The van der Waals surface area contributed by atoms with Crippen LogP contribution in [0.4, 0.5) is 11.4 Å². The number of fused-ring (bicyclic) bond motifs is 1. The van der Waals surface area contributed by atoms with Crippen LogP contribution in [0.25, 0.3) is 0 Å². The standard InChI is InChI=1S/C22H20N2O6S2/c25-19-13-16(23-32(28,29)21-8-4-12-31-21)9-10-17(19)22(27)30-14-20(26)24-11-3-6-15-5-1-2-7-18(15)24/h1-2,4-5,7-10,12-13,23,25H,3,6,11,14H2. The molecule has 4 rings (SSSR count). The van der Waals surface area contributed by atoms with Gasteiger partial charge in [-0.1, -0.05) is 24.3 Å². The van der Waals surface area contributed by atoms with Crippen molar-refractivity contribution in [1.82, 2.24) is 0 Å². The lowest BCUT2D eigenvalue weighted by Crippen LogP contribution is -2.38. The van der Waals surface area contributed by atoms with Crippen molar-refractivity contribution in [2.45, 2.75) is 17.1 Å². The van der Waals surface area contributed by atoms with Crippen molar-refractivity contribution in [2.24, 2.45) is 0 Å². The maximum absolute atomic E-state index is 12.6. The summed E-state index contributed by atoms with van der Waals surface area (Å²) in [4.78, 5) is 26.6. The maximum atomic E-state index is 12.6. The Hall–Kier alpha value is -3.37. The van der Waals surface area contributed by atoms with Crippen molar-refractivity contribution in [3.63, 3.8) is 0 Å². The first-order valence-corrected chi connectivity index (χ1v) is 12.2. The molecule has 1 aliphatic heterocycles. The SMILES string of the molecule is O=C(OCC(=O)N1CCCc2ccccc21)c1ccc(NS(=O)(=O)c2cccs2)cc1O. The Labute approximate surface area is 189 Å². The third-order valence-corrected chi connectivity index (χ3v) is 7.75. The Morgan fingerprint density at radius 2 is 1.94 bits per heavy atom. The van der Waals surface area contributed by atoms with Gasteiger partial charge >= 0.3 is 5.97 Å². The average molecular weight is 473 g/mol. The number of sulfonamides is 1. The van der Waals surface area contributed by atoms with Gasteiger partial charge in [0.1, 0.15) is 15.5 Å². The summed E-state index contributed by atoms with van der Waals surface area (Å²) in [6, 6.07) is 14.3. The molecule has 0 aliphatic carbocycles. The van der Waals surface area contributed by atoms with Gasteiger partial charge in [0.15, 0.2) is 6.61 Å². The number of aromatic hydroxyl groups is 1. The van der Waals surface area contributed by atoms with E-state index in [9.17, 15) is 23.1 Å². The smallest absolute Gasteiger partial charge is 0.342 e. The number of thiophene rings is 1. The van der Waals surface area contributed by atoms with Gasteiger partial charge in [0, 0.05) is 18.3 Å². The van der Waals surface area contributed by atoms with Crippen LogP contribution in [-0.4, -0.2) is 38.6 Å². The Morgan fingerprint density at radius 3 is 2.69 bits per heavy atom. The highest BCUT2D eigenvalue weighted by molar-refractivity contribution is 7.94. The highest BCUT2D eigenvalue weighted by atomic mass is 32.2. The van der Waals surface area contributed by atoms with Crippen LogP contribution in [-0.2, 0) is 26.0 Å². The van der Waals surface area contributed by atoms with E-state index in [1.165, 1.54) is 18.2 Å². The Kier molecular flexibility index (Phi) is 6.15. The minimum atomic E-state index is -3.79. The van der Waals surface area contributed by atoms with E-state index in [0.717, 1.165) is 41.5 Å². The van der Waals surface area contributed by atoms with Gasteiger partial charge < -0.3 is 14.7 Å². The zero-order chi connectivity index (χ0) is 22.7. The molecule has 8 nitrogen and oxygen atoms in total. The average Bonchev–Trinajstić information content (AvgIpc) is 3.33. The van der Waals surface area contributed by atoms with Crippen molar-refractivity contribution >= 4 is 44.6 Å². The first kappa shape index (κ1) is 21.8. The number of carbonyl (C=O) groups is 2. The lowest BCUT2D eigenvalue weighted by atomic mass is 10.0. The van der Waals surface area contributed by atoms with Crippen LogP contribution >= 0.6 is 11.3 Å². The van der Waals surface area contributed by atoms with Gasteiger partial charge in [-0.25, -0.2) is 13.2 Å². The molecular weight excluding hydrogens is 452 g/mol. The number of phenolic OH excluding ortho intramolecular Hbond substituents is 1. The van der Waals surface area contributed by atoms with E-state index < -0.39 is 28.3 Å². The lowest BCUT2D eigenvalue weighted by molar-refractivity contribution is -0.121. The van der Waals surface area contributed by atoms with E-state index in [4.69, 9.17) is 4.74 Å². The van der Waals surface area contributed by atoms with Crippen molar-refractivity contribution in [3.05, 3.63) is 71.1 Å². The molecule has 166 valence electrons. The molecule has 1 aliphatic rings. The van der Waals surface area contributed by atoms with Crippen LogP contribution in [0.5, 0.6) is 5.75 Å². The van der Waals surface area contributed by atoms with E-state index >= 15 is 0 Å². The summed E-state index contributed by atoms with van der Waals surface area (Å²) >= 11 is 1.06. The number of hydrogen-bond acceptors (Lipinski definition) is 7. The van der Waals surface area contributed by atoms with E-state index in [1.807, 2.05) is 24.3 Å². The molecule has 0 saturated carbocycles. The number of nitrogens with zero attached hydrogens (tertiary/aromatic N) is 1. The molecule has 0 bridgehead atoms. The third kappa shape index (κ3) is 4.61. The van der Waals surface area contributed by atoms with Gasteiger partial charge in [-0.2, -0.15) is 0 Å². The van der Waals surface area contributed by atoms with E-state index in [0.29, 0.717) is 6.54 Å². The second kappa shape index (κ2) is 9.01. The predicted octanol–water partition coefficient (Wildman–Crippen LogP) is 3.39. The summed E-state index contributed by atoms with van der Waals surface area (Å²) in [7, 11) is -3.79. The second-order valence-corrected chi connectivity index (χ2v) is 9.98. The fourth-order valence-corrected chi connectivity index (χ4v) is 5.51. The van der Waals surface area contributed by atoms with Crippen LogP contribution in [0.2, 0.25) is 0 Å². The number of anilines is 2. The Morgan fingerprint density at radius 1 is 1.12 bits per heavy atom. The molecule has 0 spiro atoms. The molecular formula is C22H20N2O6S2. The molecule has 1 aromatic heterocycles. The highest BCUT2D eigenvalue weighted by Crippen LogP contribution is 2.28. The molecule has 0 saturated heterocycles. The molecule has 2 N–H and O–H groups in total. The quantitative estimate of drug-likeness (QED) is 0.532. The minimum Gasteiger partial charge on any atom is -0.507 e. The van der Waals surface area contributed by atoms with Gasteiger partial charge in [-0.3, -0.25) is 9.52 Å². The largest absolute Gasteiger partial charge is 0.507 e. The summed E-state index contributed by atoms with van der Waals surface area (Å²) in [6.45, 7) is 0.0666. The van der Waals surface area contributed by atoms with Crippen LogP contribution in [0.15, 0.2) is 64.2 Å². The van der Waals surface area contributed by atoms with Gasteiger partial charge in [0.05, 0.1) is 5.69 Å². The Balaban J connectivity index is 1.40. The molecule has 2 aromatic carbocycles. The molecule has 0 radical (unpaired) electrons. The maximum Gasteiger partial charge on any atom is 0.342 e. The number of para-hydroxylation sites is 1. The zero-order valence-corrected chi connectivity index (χ0v) is 18.5. The number of aryl methyl sites for hydroxylation is 1. The molecule has 1 amide bonds. The lowest BCUT2D eigenvalue weighted by Gasteiger charge is -2.29. The normalized spacial score (nSPS) is 13.3. The van der Waals surface area contributed by atoms with E-state index in [2.05, 4.69) is 4.72 Å². The molecule has 10 heteroatoms. The minimum absolute atomic E-state index is 0.0912. The first-order valence-electron chi connectivity index (χ1n) is 9.80. The summed E-state index contributed by atoms with van der Waals surface area (Å²) < 4.78 is 32.2. The fourth-order valence-electron chi connectivity index (χ4n) is 3.47.